The van der Waals surface area contributed by atoms with Crippen LogP contribution in [0.2, 0.25) is 0 Å². The Morgan fingerprint density at radius 1 is 0.762 bits per heavy atom. The van der Waals surface area contributed by atoms with Crippen LogP contribution in [0, 0.1) is 17.0 Å². The van der Waals surface area contributed by atoms with Gasteiger partial charge in [0.25, 0.3) is 5.91 Å². The Morgan fingerprint density at radius 2 is 1.33 bits per heavy atom. The van der Waals surface area contributed by atoms with E-state index < -0.39 is 17.2 Å². The lowest BCUT2D eigenvalue weighted by atomic mass is 9.77. The predicted molar refractivity (Wildman–Crippen MR) is 158 cm³/mol. The van der Waals surface area contributed by atoms with E-state index in [0.29, 0.717) is 30.1 Å². The Hall–Kier alpha value is -4.11. The molecule has 9 heteroatoms. The topological polar surface area (TPSA) is 68.2 Å². The highest BCUT2D eigenvalue weighted by atomic mass is 19.1. The molecule has 3 aromatic carbocycles. The molecule has 3 aliphatic heterocycles. The highest BCUT2D eigenvalue weighted by Crippen LogP contribution is 2.43. The third kappa shape index (κ3) is 4.85. The van der Waals surface area contributed by atoms with E-state index in [1.54, 1.807) is 36.2 Å². The lowest BCUT2D eigenvalue weighted by Gasteiger charge is -2.38. The van der Waals surface area contributed by atoms with E-state index in [1.165, 1.54) is 24.3 Å². The van der Waals surface area contributed by atoms with Crippen molar-refractivity contribution in [2.75, 3.05) is 44.7 Å². The van der Waals surface area contributed by atoms with Crippen molar-refractivity contribution < 1.29 is 18.4 Å². The fraction of sp³-hybridized carbons (Fsp3) is 0.364. The SMILES string of the molecule is CN=C1NC(c2ccc(F)cc2)(c2ccc(F)cc2)C(=O)N1CCCN1CCC2(CC1)CCN(c1ccccc1)C2=O. The normalized spacial score (nSPS) is 21.0. The first kappa shape index (κ1) is 28.0. The van der Waals surface area contributed by atoms with Crippen molar-refractivity contribution in [3.8, 4) is 0 Å². The number of amides is 2. The second kappa shape index (κ2) is 11.3. The monoisotopic (exact) mass is 571 g/mol. The van der Waals surface area contributed by atoms with E-state index >= 15 is 0 Å². The molecule has 2 amide bonds. The number of hydrogen-bond acceptors (Lipinski definition) is 4. The number of nitrogens with zero attached hydrogens (tertiary/aromatic N) is 4. The molecule has 3 aromatic rings. The number of likely N-dealkylation sites (tertiary alicyclic amines) is 1. The van der Waals surface area contributed by atoms with Gasteiger partial charge in [-0.3, -0.25) is 19.5 Å². The molecule has 1 N–H and O–H groups in total. The predicted octanol–water partition coefficient (Wildman–Crippen LogP) is 4.54. The Labute approximate surface area is 244 Å². The van der Waals surface area contributed by atoms with E-state index in [0.717, 1.165) is 51.1 Å². The summed E-state index contributed by atoms with van der Waals surface area (Å²) in [7, 11) is 1.62. The summed E-state index contributed by atoms with van der Waals surface area (Å²) in [6, 6.07) is 21.5. The van der Waals surface area contributed by atoms with Crippen molar-refractivity contribution in [1.29, 1.82) is 0 Å². The van der Waals surface area contributed by atoms with Crippen molar-refractivity contribution >= 4 is 23.5 Å². The lowest BCUT2D eigenvalue weighted by Crippen LogP contribution is -2.46. The Morgan fingerprint density at radius 3 is 1.90 bits per heavy atom. The summed E-state index contributed by atoms with van der Waals surface area (Å²) < 4.78 is 27.6. The van der Waals surface area contributed by atoms with Gasteiger partial charge in [-0.15, -0.1) is 0 Å². The minimum absolute atomic E-state index is 0.239. The van der Waals surface area contributed by atoms with Crippen LogP contribution in [0.5, 0.6) is 0 Å². The third-order valence-electron chi connectivity index (χ3n) is 9.14. The molecule has 3 fully saturated rings. The van der Waals surface area contributed by atoms with Crippen LogP contribution >= 0.6 is 0 Å². The van der Waals surface area contributed by atoms with Crippen molar-refractivity contribution in [3.63, 3.8) is 0 Å². The molecule has 42 heavy (non-hydrogen) atoms. The zero-order chi connectivity index (χ0) is 29.3. The van der Waals surface area contributed by atoms with Crippen LogP contribution in [0.15, 0.2) is 83.9 Å². The number of guanidine groups is 1. The van der Waals surface area contributed by atoms with Gasteiger partial charge >= 0.3 is 0 Å². The first-order valence-corrected chi connectivity index (χ1v) is 14.5. The summed E-state index contributed by atoms with van der Waals surface area (Å²) in [5, 5.41) is 3.30. The summed E-state index contributed by atoms with van der Waals surface area (Å²) in [6.07, 6.45) is 3.26. The third-order valence-corrected chi connectivity index (χ3v) is 9.14. The number of halogens is 2. The van der Waals surface area contributed by atoms with Gasteiger partial charge in [-0.05, 0) is 92.8 Å². The van der Waals surface area contributed by atoms with E-state index in [4.69, 9.17) is 0 Å². The van der Waals surface area contributed by atoms with Gasteiger partial charge in [-0.2, -0.15) is 0 Å². The highest BCUT2D eigenvalue weighted by Gasteiger charge is 2.52. The Bertz CT molecular complexity index is 1420. The summed E-state index contributed by atoms with van der Waals surface area (Å²) in [6.45, 7) is 3.66. The quantitative estimate of drug-likeness (QED) is 0.453. The van der Waals surface area contributed by atoms with Gasteiger partial charge in [0.05, 0.1) is 5.41 Å². The molecule has 3 heterocycles. The number of hydrogen-bond donors (Lipinski definition) is 1. The van der Waals surface area contributed by atoms with Crippen molar-refractivity contribution in [1.82, 2.24) is 15.1 Å². The average molecular weight is 572 g/mol. The Kier molecular flexibility index (Phi) is 7.53. The van der Waals surface area contributed by atoms with Gasteiger partial charge in [0.2, 0.25) is 11.9 Å². The number of carbonyl (C=O) groups excluding carboxylic acids is 2. The zero-order valence-electron chi connectivity index (χ0n) is 23.7. The maximum absolute atomic E-state index is 14.1. The number of rotatable bonds is 7. The van der Waals surface area contributed by atoms with Crippen LogP contribution in [0.25, 0.3) is 0 Å². The molecule has 3 aliphatic rings. The van der Waals surface area contributed by atoms with Crippen LogP contribution in [-0.4, -0.2) is 67.3 Å². The minimum atomic E-state index is -1.35. The maximum atomic E-state index is 14.1. The van der Waals surface area contributed by atoms with Crippen molar-refractivity contribution in [2.24, 2.45) is 10.4 Å². The lowest BCUT2D eigenvalue weighted by molar-refractivity contribution is -0.130. The molecular weight excluding hydrogens is 536 g/mol. The molecule has 0 saturated carbocycles. The molecule has 3 saturated heterocycles. The molecule has 1 spiro atoms. The van der Waals surface area contributed by atoms with Crippen LogP contribution in [0.4, 0.5) is 14.5 Å². The number of carbonyl (C=O) groups is 2. The maximum Gasteiger partial charge on any atom is 0.264 e. The summed E-state index contributed by atoms with van der Waals surface area (Å²) in [5.74, 6) is -0.394. The minimum Gasteiger partial charge on any atom is -0.334 e. The first-order valence-electron chi connectivity index (χ1n) is 14.5. The van der Waals surface area contributed by atoms with Crippen LogP contribution in [0.1, 0.15) is 36.8 Å². The van der Waals surface area contributed by atoms with E-state index in [-0.39, 0.29) is 17.2 Å². The van der Waals surface area contributed by atoms with E-state index in [9.17, 15) is 18.4 Å². The average Bonchev–Trinajstić information content (AvgIpc) is 3.49. The first-order chi connectivity index (χ1) is 20.4. The molecular formula is C33H35F2N5O2. The second-order valence-corrected chi connectivity index (χ2v) is 11.4. The van der Waals surface area contributed by atoms with Crippen molar-refractivity contribution in [3.05, 3.63) is 102 Å². The van der Waals surface area contributed by atoms with Crippen LogP contribution in [-0.2, 0) is 15.1 Å². The molecule has 0 aromatic heterocycles. The van der Waals surface area contributed by atoms with Gasteiger partial charge in [0.1, 0.15) is 11.6 Å². The number of piperidine rings is 1. The highest BCUT2D eigenvalue weighted by molar-refractivity contribution is 6.11. The Balaban J connectivity index is 1.12. The molecule has 0 radical (unpaired) electrons. The number of nitrogens with one attached hydrogen (secondary N) is 1. The van der Waals surface area contributed by atoms with Gasteiger partial charge < -0.3 is 15.1 Å². The van der Waals surface area contributed by atoms with Crippen LogP contribution in [0.3, 0.4) is 0 Å². The van der Waals surface area contributed by atoms with Gasteiger partial charge in [0.15, 0.2) is 5.54 Å². The summed E-state index contributed by atoms with van der Waals surface area (Å²) in [5.41, 5.74) is 0.443. The van der Waals surface area contributed by atoms with E-state index in [1.807, 2.05) is 35.2 Å². The summed E-state index contributed by atoms with van der Waals surface area (Å²) >= 11 is 0. The van der Waals surface area contributed by atoms with E-state index in [2.05, 4.69) is 15.2 Å². The standard InChI is InChI=1S/C33H35F2N5O2/c1-36-31-37-33(24-8-12-26(34)13-9-24,25-10-14-27(35)15-11-25)30(42)40(31)20-5-19-38-21-16-32(17-22-38)18-23-39(29(32)41)28-6-3-2-4-7-28/h2-4,6-15H,5,16-23H2,1H3,(H,36,37). The number of para-hydroxylation sites is 1. The molecule has 0 unspecified atom stereocenters. The smallest absolute Gasteiger partial charge is 0.264 e. The fourth-order valence-corrected chi connectivity index (χ4v) is 6.72. The van der Waals surface area contributed by atoms with Gasteiger partial charge in [-0.25, -0.2) is 8.78 Å². The number of anilines is 1. The number of aliphatic imine (C=N–C) groups is 1. The number of benzene rings is 3. The molecule has 0 bridgehead atoms. The van der Waals surface area contributed by atoms with Crippen LogP contribution < -0.4 is 10.2 Å². The van der Waals surface area contributed by atoms with Gasteiger partial charge in [0, 0.05) is 25.8 Å². The molecule has 218 valence electrons. The molecule has 0 atom stereocenters. The zero-order valence-corrected chi connectivity index (χ0v) is 23.7. The largest absolute Gasteiger partial charge is 0.334 e. The van der Waals surface area contributed by atoms with Gasteiger partial charge in [-0.1, -0.05) is 42.5 Å². The molecule has 6 rings (SSSR count). The molecule has 7 nitrogen and oxygen atoms in total. The van der Waals surface area contributed by atoms with Crippen molar-refractivity contribution in [2.45, 2.75) is 31.2 Å². The summed E-state index contributed by atoms with van der Waals surface area (Å²) in [4.78, 5) is 37.9. The molecule has 0 aliphatic carbocycles. The second-order valence-electron chi connectivity index (χ2n) is 11.4. The fourth-order valence-electron chi connectivity index (χ4n) is 6.72.